The van der Waals surface area contributed by atoms with Crippen molar-refractivity contribution in [1.29, 1.82) is 0 Å². The molecule has 5 heteroatoms. The van der Waals surface area contributed by atoms with Gasteiger partial charge in [0.05, 0.1) is 0 Å². The molecule has 0 aliphatic heterocycles. The Morgan fingerprint density at radius 1 is 1.33 bits per heavy atom. The van der Waals surface area contributed by atoms with E-state index in [1.54, 1.807) is 6.07 Å². The largest absolute Gasteiger partial charge is 0.369 e. The summed E-state index contributed by atoms with van der Waals surface area (Å²) in [5.74, 6) is 2.20. The van der Waals surface area contributed by atoms with Gasteiger partial charge in [-0.1, -0.05) is 13.8 Å². The van der Waals surface area contributed by atoms with Gasteiger partial charge in [0.25, 0.3) is 0 Å². The van der Waals surface area contributed by atoms with E-state index in [-0.39, 0.29) is 11.8 Å². The van der Waals surface area contributed by atoms with E-state index in [1.807, 2.05) is 6.07 Å². The zero-order valence-corrected chi connectivity index (χ0v) is 10.9. The number of amides is 1. The molecule has 2 N–H and O–H groups in total. The second kappa shape index (κ2) is 5.80. The highest BCUT2D eigenvalue weighted by Gasteiger charge is 2.29. The minimum atomic E-state index is 0.0600. The molecule has 1 aliphatic carbocycles. The number of hydrogen-bond acceptors (Lipinski definition) is 4. The molecule has 0 saturated heterocycles. The molecule has 2 rings (SSSR count). The average molecular weight is 248 g/mol. The maximum atomic E-state index is 11.5. The van der Waals surface area contributed by atoms with Gasteiger partial charge in [0.15, 0.2) is 5.82 Å². The van der Waals surface area contributed by atoms with Gasteiger partial charge in [-0.3, -0.25) is 4.79 Å². The minimum Gasteiger partial charge on any atom is -0.369 e. The summed E-state index contributed by atoms with van der Waals surface area (Å²) in [7, 11) is 0. The highest BCUT2D eigenvalue weighted by Crippen LogP contribution is 2.29. The van der Waals surface area contributed by atoms with Crippen LogP contribution in [0, 0.1) is 11.8 Å². The zero-order chi connectivity index (χ0) is 13.0. The summed E-state index contributed by atoms with van der Waals surface area (Å²) >= 11 is 0. The molecule has 0 radical (unpaired) electrons. The molecule has 1 aromatic heterocycles. The van der Waals surface area contributed by atoms with Crippen molar-refractivity contribution in [3.8, 4) is 0 Å². The molecule has 5 nitrogen and oxygen atoms in total. The van der Waals surface area contributed by atoms with Crippen LogP contribution in [-0.4, -0.2) is 22.6 Å². The third-order valence-electron chi connectivity index (χ3n) is 2.89. The number of nitrogens with one attached hydrogen (secondary N) is 2. The predicted molar refractivity (Wildman–Crippen MR) is 71.3 cm³/mol. The monoisotopic (exact) mass is 248 g/mol. The third kappa shape index (κ3) is 3.98. The average Bonchev–Trinajstić information content (AvgIpc) is 3.15. The van der Waals surface area contributed by atoms with Crippen LogP contribution in [0.1, 0.15) is 33.1 Å². The van der Waals surface area contributed by atoms with Gasteiger partial charge in [0.1, 0.15) is 5.82 Å². The Morgan fingerprint density at radius 3 is 2.56 bits per heavy atom. The van der Waals surface area contributed by atoms with Crippen molar-refractivity contribution in [3.05, 3.63) is 12.1 Å². The first-order chi connectivity index (χ1) is 8.65. The number of anilines is 2. The van der Waals surface area contributed by atoms with Gasteiger partial charge in [0.2, 0.25) is 5.91 Å². The van der Waals surface area contributed by atoms with Crippen molar-refractivity contribution in [2.24, 2.45) is 11.8 Å². The van der Waals surface area contributed by atoms with Crippen molar-refractivity contribution >= 4 is 17.5 Å². The maximum absolute atomic E-state index is 11.5. The van der Waals surface area contributed by atoms with Crippen LogP contribution in [0.5, 0.6) is 0 Å². The van der Waals surface area contributed by atoms with Crippen molar-refractivity contribution in [1.82, 2.24) is 10.2 Å². The number of carbonyl (C=O) groups is 1. The van der Waals surface area contributed by atoms with E-state index in [9.17, 15) is 4.79 Å². The van der Waals surface area contributed by atoms with Crippen LogP contribution in [0.2, 0.25) is 0 Å². The smallest absolute Gasteiger partial charge is 0.228 e. The van der Waals surface area contributed by atoms with Crippen molar-refractivity contribution < 1.29 is 4.79 Å². The third-order valence-corrected chi connectivity index (χ3v) is 2.89. The molecule has 0 atom stereocenters. The summed E-state index contributed by atoms with van der Waals surface area (Å²) in [5.41, 5.74) is 0. The zero-order valence-electron chi connectivity index (χ0n) is 10.9. The lowest BCUT2D eigenvalue weighted by Crippen LogP contribution is -2.15. The Morgan fingerprint density at radius 2 is 2.00 bits per heavy atom. The fourth-order valence-electron chi connectivity index (χ4n) is 1.56. The summed E-state index contributed by atoms with van der Waals surface area (Å²) in [5, 5.41) is 14.0. The van der Waals surface area contributed by atoms with Crippen LogP contribution in [0.25, 0.3) is 0 Å². The SMILES string of the molecule is CC(C)CCNc1ccc(NC(=O)C2CC2)nn1. The molecule has 1 saturated carbocycles. The standard InChI is InChI=1S/C13H20N4O/c1-9(2)7-8-14-11-5-6-12(17-16-11)15-13(18)10-3-4-10/h5-6,9-10H,3-4,7-8H2,1-2H3,(H,14,16)(H,15,17,18). The van der Waals surface area contributed by atoms with Crippen molar-refractivity contribution in [2.45, 2.75) is 33.1 Å². The van der Waals surface area contributed by atoms with Crippen LogP contribution >= 0.6 is 0 Å². The van der Waals surface area contributed by atoms with E-state index in [4.69, 9.17) is 0 Å². The maximum Gasteiger partial charge on any atom is 0.228 e. The molecule has 1 amide bonds. The van der Waals surface area contributed by atoms with Gasteiger partial charge in [-0.05, 0) is 37.3 Å². The van der Waals surface area contributed by atoms with E-state index >= 15 is 0 Å². The lowest BCUT2D eigenvalue weighted by molar-refractivity contribution is -0.117. The molecule has 98 valence electrons. The molecular weight excluding hydrogens is 228 g/mol. The van der Waals surface area contributed by atoms with E-state index < -0.39 is 0 Å². The Bertz CT molecular complexity index is 398. The first-order valence-corrected chi connectivity index (χ1v) is 6.53. The first-order valence-electron chi connectivity index (χ1n) is 6.53. The van der Waals surface area contributed by atoms with Gasteiger partial charge in [-0.25, -0.2) is 0 Å². The summed E-state index contributed by atoms with van der Waals surface area (Å²) < 4.78 is 0. The first kappa shape index (κ1) is 12.8. The summed E-state index contributed by atoms with van der Waals surface area (Å²) in [6.45, 7) is 5.26. The van der Waals surface area contributed by atoms with Crippen molar-refractivity contribution in [2.75, 3.05) is 17.2 Å². The van der Waals surface area contributed by atoms with E-state index in [2.05, 4.69) is 34.7 Å². The highest BCUT2D eigenvalue weighted by molar-refractivity contribution is 5.93. The molecule has 18 heavy (non-hydrogen) atoms. The minimum absolute atomic E-state index is 0.0600. The van der Waals surface area contributed by atoms with Crippen molar-refractivity contribution in [3.63, 3.8) is 0 Å². The molecule has 0 unspecified atom stereocenters. The lowest BCUT2D eigenvalue weighted by atomic mass is 10.1. The summed E-state index contributed by atoms with van der Waals surface area (Å²) in [6, 6.07) is 3.63. The Labute approximate surface area is 107 Å². The molecule has 1 aliphatic rings. The Balaban J connectivity index is 1.79. The number of aromatic nitrogens is 2. The van der Waals surface area contributed by atoms with Gasteiger partial charge >= 0.3 is 0 Å². The topological polar surface area (TPSA) is 66.9 Å². The number of rotatable bonds is 6. The molecule has 0 spiro atoms. The van der Waals surface area contributed by atoms with E-state index in [0.717, 1.165) is 31.6 Å². The number of nitrogens with zero attached hydrogens (tertiary/aromatic N) is 2. The molecule has 1 heterocycles. The molecule has 0 aromatic carbocycles. The predicted octanol–water partition coefficient (Wildman–Crippen LogP) is 2.28. The Kier molecular flexibility index (Phi) is 4.12. The van der Waals surface area contributed by atoms with Gasteiger partial charge in [0, 0.05) is 12.5 Å². The van der Waals surface area contributed by atoms with E-state index in [1.165, 1.54) is 0 Å². The summed E-state index contributed by atoms with van der Waals surface area (Å²) in [6.07, 6.45) is 3.09. The quantitative estimate of drug-likeness (QED) is 0.810. The second-order valence-electron chi connectivity index (χ2n) is 5.18. The highest BCUT2D eigenvalue weighted by atomic mass is 16.2. The lowest BCUT2D eigenvalue weighted by Gasteiger charge is -2.07. The van der Waals surface area contributed by atoms with E-state index in [0.29, 0.717) is 11.7 Å². The van der Waals surface area contributed by atoms with Crippen LogP contribution in [-0.2, 0) is 4.79 Å². The van der Waals surface area contributed by atoms with Gasteiger partial charge in [-0.2, -0.15) is 0 Å². The fraction of sp³-hybridized carbons (Fsp3) is 0.615. The molecule has 1 fully saturated rings. The molecule has 1 aromatic rings. The fourth-order valence-corrected chi connectivity index (χ4v) is 1.56. The van der Waals surface area contributed by atoms with Gasteiger partial charge < -0.3 is 10.6 Å². The van der Waals surface area contributed by atoms with Gasteiger partial charge in [-0.15, -0.1) is 10.2 Å². The number of hydrogen-bond donors (Lipinski definition) is 2. The normalized spacial score (nSPS) is 14.6. The molecular formula is C13H20N4O. The summed E-state index contributed by atoms with van der Waals surface area (Å²) in [4.78, 5) is 11.5. The Hall–Kier alpha value is -1.65. The van der Waals surface area contributed by atoms with Crippen LogP contribution in [0.3, 0.4) is 0 Å². The second-order valence-corrected chi connectivity index (χ2v) is 5.18. The number of carbonyl (C=O) groups excluding carboxylic acids is 1. The van der Waals surface area contributed by atoms with Crippen LogP contribution in [0.15, 0.2) is 12.1 Å². The van der Waals surface area contributed by atoms with Crippen LogP contribution < -0.4 is 10.6 Å². The van der Waals surface area contributed by atoms with Crippen LogP contribution in [0.4, 0.5) is 11.6 Å². The molecule has 0 bridgehead atoms.